The quantitative estimate of drug-likeness (QED) is 0.0984. The Hall–Kier alpha value is -3.85. The molecule has 37 heavy (non-hydrogen) atoms. The van der Waals surface area contributed by atoms with Crippen molar-refractivity contribution in [2.45, 2.75) is 56.3 Å². The number of aromatic hydroxyl groups is 1. The lowest BCUT2D eigenvalue weighted by molar-refractivity contribution is -0.142. The Kier molecular flexibility index (Phi) is 12.9. The van der Waals surface area contributed by atoms with Crippen molar-refractivity contribution in [2.24, 2.45) is 17.2 Å². The highest BCUT2D eigenvalue weighted by molar-refractivity contribution is 7.80. The number of primary amides is 2. The van der Waals surface area contributed by atoms with Crippen molar-refractivity contribution in [3.63, 3.8) is 0 Å². The SMILES string of the molecule is NC(=O)CCC(NC(=O)C(Cc1ccc(O)cc1)NC(=O)C(CCC(N)=O)NC(=O)C(N)CS)C(=O)O. The second kappa shape index (κ2) is 15.3. The van der Waals surface area contributed by atoms with Crippen LogP contribution in [0.15, 0.2) is 24.3 Å². The van der Waals surface area contributed by atoms with E-state index in [4.69, 9.17) is 17.2 Å². The van der Waals surface area contributed by atoms with Gasteiger partial charge in [0.1, 0.15) is 23.9 Å². The van der Waals surface area contributed by atoms with Gasteiger partial charge >= 0.3 is 5.97 Å². The maximum atomic E-state index is 13.1. The molecule has 1 aromatic carbocycles. The minimum Gasteiger partial charge on any atom is -0.508 e. The number of aliphatic carboxylic acids is 1. The first-order chi connectivity index (χ1) is 17.3. The number of carboxylic acid groups (broad SMARTS) is 1. The van der Waals surface area contributed by atoms with Crippen LogP contribution < -0.4 is 33.2 Å². The van der Waals surface area contributed by atoms with E-state index in [0.29, 0.717) is 5.56 Å². The van der Waals surface area contributed by atoms with Gasteiger partial charge in [0.05, 0.1) is 6.04 Å². The van der Waals surface area contributed by atoms with Crippen LogP contribution in [-0.2, 0) is 35.2 Å². The number of phenols is 1. The van der Waals surface area contributed by atoms with Crippen molar-refractivity contribution < 1.29 is 39.0 Å². The van der Waals surface area contributed by atoms with Crippen LogP contribution in [0, 0.1) is 0 Å². The van der Waals surface area contributed by atoms with E-state index in [1.165, 1.54) is 24.3 Å². The van der Waals surface area contributed by atoms with Gasteiger partial charge in [-0.1, -0.05) is 12.1 Å². The zero-order valence-corrected chi connectivity index (χ0v) is 20.8. The van der Waals surface area contributed by atoms with Gasteiger partial charge in [0.2, 0.25) is 29.5 Å². The first-order valence-corrected chi connectivity index (χ1v) is 11.8. The summed E-state index contributed by atoms with van der Waals surface area (Å²) in [4.78, 5) is 72.2. The van der Waals surface area contributed by atoms with Gasteiger partial charge in [0, 0.05) is 25.0 Å². The zero-order chi connectivity index (χ0) is 28.1. The van der Waals surface area contributed by atoms with Crippen LogP contribution in [0.4, 0.5) is 0 Å². The Morgan fingerprint density at radius 2 is 1.24 bits per heavy atom. The highest BCUT2D eigenvalue weighted by Crippen LogP contribution is 2.12. The molecule has 1 rings (SSSR count). The van der Waals surface area contributed by atoms with Gasteiger partial charge in [0.15, 0.2) is 0 Å². The predicted molar refractivity (Wildman–Crippen MR) is 134 cm³/mol. The summed E-state index contributed by atoms with van der Waals surface area (Å²) < 4.78 is 0. The number of nitrogens with one attached hydrogen (secondary N) is 3. The molecular formula is C22H32N6O8S. The molecule has 0 fully saturated rings. The van der Waals surface area contributed by atoms with Crippen LogP contribution in [0.25, 0.3) is 0 Å². The maximum absolute atomic E-state index is 13.1. The van der Waals surface area contributed by atoms with Gasteiger partial charge in [-0.15, -0.1) is 0 Å². The molecule has 15 heteroatoms. The molecule has 0 aliphatic carbocycles. The van der Waals surface area contributed by atoms with Crippen molar-refractivity contribution in [2.75, 3.05) is 5.75 Å². The summed E-state index contributed by atoms with van der Waals surface area (Å²) in [7, 11) is 0. The van der Waals surface area contributed by atoms with Gasteiger partial charge in [-0.3, -0.25) is 24.0 Å². The molecule has 0 aliphatic rings. The number of phenolic OH excluding ortho intramolecular Hbond substituents is 1. The van der Waals surface area contributed by atoms with Crippen LogP contribution in [0.2, 0.25) is 0 Å². The average Bonchev–Trinajstić information content (AvgIpc) is 2.83. The highest BCUT2D eigenvalue weighted by atomic mass is 32.1. The summed E-state index contributed by atoms with van der Waals surface area (Å²) in [6.45, 7) is 0. The number of nitrogens with two attached hydrogens (primary N) is 3. The topological polar surface area (TPSA) is 257 Å². The number of benzene rings is 1. The molecule has 0 saturated heterocycles. The van der Waals surface area contributed by atoms with Crippen molar-refractivity contribution in [1.82, 2.24) is 16.0 Å². The van der Waals surface area contributed by atoms with Gasteiger partial charge in [-0.25, -0.2) is 4.79 Å². The van der Waals surface area contributed by atoms with E-state index in [1.54, 1.807) is 0 Å². The van der Waals surface area contributed by atoms with E-state index in [-0.39, 0.29) is 43.6 Å². The Labute approximate surface area is 218 Å². The molecule has 0 saturated carbocycles. The average molecular weight is 541 g/mol. The number of rotatable bonds is 16. The summed E-state index contributed by atoms with van der Waals surface area (Å²) in [6, 6.07) is 0.512. The smallest absolute Gasteiger partial charge is 0.326 e. The van der Waals surface area contributed by atoms with Gasteiger partial charge in [-0.05, 0) is 30.5 Å². The molecule has 0 aromatic heterocycles. The molecular weight excluding hydrogens is 508 g/mol. The van der Waals surface area contributed by atoms with E-state index in [0.717, 1.165) is 0 Å². The first-order valence-electron chi connectivity index (χ1n) is 11.2. The number of hydrogen-bond acceptors (Lipinski definition) is 9. The summed E-state index contributed by atoms with van der Waals surface area (Å²) in [5, 5.41) is 26.0. The van der Waals surface area contributed by atoms with Gasteiger partial charge in [-0.2, -0.15) is 12.6 Å². The molecule has 0 aliphatic heterocycles. The fraction of sp³-hybridized carbons (Fsp3) is 0.455. The molecule has 5 amide bonds. The molecule has 14 nitrogen and oxygen atoms in total. The third kappa shape index (κ3) is 11.6. The number of carboxylic acids is 1. The number of thiol groups is 1. The van der Waals surface area contributed by atoms with Crippen LogP contribution in [-0.4, -0.2) is 75.6 Å². The summed E-state index contributed by atoms with van der Waals surface area (Å²) >= 11 is 3.93. The largest absolute Gasteiger partial charge is 0.508 e. The van der Waals surface area contributed by atoms with E-state index >= 15 is 0 Å². The van der Waals surface area contributed by atoms with Crippen LogP contribution >= 0.6 is 12.6 Å². The monoisotopic (exact) mass is 540 g/mol. The van der Waals surface area contributed by atoms with E-state index < -0.39 is 59.7 Å². The molecule has 4 unspecified atom stereocenters. The Morgan fingerprint density at radius 1 is 0.784 bits per heavy atom. The molecule has 0 radical (unpaired) electrons. The van der Waals surface area contributed by atoms with Gasteiger partial charge in [0.25, 0.3) is 0 Å². The summed E-state index contributed by atoms with van der Waals surface area (Å²) in [6.07, 6.45) is -1.19. The summed E-state index contributed by atoms with van der Waals surface area (Å²) in [5.41, 5.74) is 16.4. The molecule has 11 N–H and O–H groups in total. The lowest BCUT2D eigenvalue weighted by atomic mass is 10.0. The van der Waals surface area contributed by atoms with Crippen molar-refractivity contribution in [3.05, 3.63) is 29.8 Å². The normalized spacial score (nSPS) is 13.9. The van der Waals surface area contributed by atoms with Crippen LogP contribution in [0.1, 0.15) is 31.2 Å². The fourth-order valence-corrected chi connectivity index (χ4v) is 3.25. The third-order valence-corrected chi connectivity index (χ3v) is 5.54. The molecule has 0 bridgehead atoms. The molecule has 0 spiro atoms. The third-order valence-electron chi connectivity index (χ3n) is 5.15. The maximum Gasteiger partial charge on any atom is 0.326 e. The van der Waals surface area contributed by atoms with E-state index in [2.05, 4.69) is 28.6 Å². The van der Waals surface area contributed by atoms with Gasteiger partial charge < -0.3 is 43.4 Å². The second-order valence-electron chi connectivity index (χ2n) is 8.19. The zero-order valence-electron chi connectivity index (χ0n) is 19.9. The summed E-state index contributed by atoms with van der Waals surface area (Å²) in [5.74, 6) is -5.46. The molecule has 4 atom stereocenters. The molecule has 0 heterocycles. The minimum atomic E-state index is -1.47. The lowest BCUT2D eigenvalue weighted by Gasteiger charge is -2.25. The van der Waals surface area contributed by atoms with Crippen molar-refractivity contribution in [3.8, 4) is 5.75 Å². The number of amides is 5. The standard InChI is InChI=1S/C22H32N6O8S/c23-13(10-37)19(32)26-14(5-7-17(24)30)20(33)28-16(9-11-1-3-12(29)4-2-11)21(34)27-15(22(35)36)6-8-18(25)31/h1-4,13-16,29,37H,5-10,23H2,(H2,24,30)(H2,25,31)(H,26,32)(H,27,34)(H,28,33)(H,35,36). The van der Waals surface area contributed by atoms with E-state index in [9.17, 15) is 39.0 Å². The Balaban J connectivity index is 3.17. The molecule has 1 aromatic rings. The number of hydrogen-bond donors (Lipinski definition) is 9. The molecule has 204 valence electrons. The lowest BCUT2D eigenvalue weighted by Crippen LogP contribution is -2.58. The van der Waals surface area contributed by atoms with Crippen LogP contribution in [0.5, 0.6) is 5.75 Å². The Bertz CT molecular complexity index is 990. The number of carbonyl (C=O) groups is 6. The van der Waals surface area contributed by atoms with E-state index in [1.807, 2.05) is 0 Å². The second-order valence-corrected chi connectivity index (χ2v) is 8.56. The highest BCUT2D eigenvalue weighted by Gasteiger charge is 2.30. The van der Waals surface area contributed by atoms with Crippen molar-refractivity contribution >= 4 is 48.1 Å². The first kappa shape index (κ1) is 31.2. The minimum absolute atomic E-state index is 0.0241. The number of carbonyl (C=O) groups excluding carboxylic acids is 5. The predicted octanol–water partition coefficient (Wildman–Crippen LogP) is -2.74. The van der Waals surface area contributed by atoms with Crippen LogP contribution in [0.3, 0.4) is 0 Å². The Morgan fingerprint density at radius 3 is 1.73 bits per heavy atom. The van der Waals surface area contributed by atoms with Crippen molar-refractivity contribution in [1.29, 1.82) is 0 Å². The fourth-order valence-electron chi connectivity index (χ4n) is 3.08.